The van der Waals surface area contributed by atoms with Crippen molar-refractivity contribution >= 4 is 11.8 Å². The normalized spacial score (nSPS) is 20.4. The van der Waals surface area contributed by atoms with Crippen LogP contribution in [0, 0.1) is 0 Å². The van der Waals surface area contributed by atoms with Crippen LogP contribution in [0.25, 0.3) is 0 Å². The minimum atomic E-state index is -0.507. The summed E-state index contributed by atoms with van der Waals surface area (Å²) in [5, 5.41) is 21.1. The molecule has 1 fully saturated rings. The maximum atomic E-state index is 11.4. The van der Waals surface area contributed by atoms with E-state index >= 15 is 0 Å². The van der Waals surface area contributed by atoms with Crippen LogP contribution in [-0.2, 0) is 11.3 Å². The summed E-state index contributed by atoms with van der Waals surface area (Å²) in [4.78, 5) is 13.6. The zero-order valence-corrected chi connectivity index (χ0v) is 14.1. The lowest BCUT2D eigenvalue weighted by molar-refractivity contribution is 0.0592. The third-order valence-corrected chi connectivity index (χ3v) is 4.31. The number of nitrogens with one attached hydrogen (secondary N) is 1. The maximum absolute atomic E-state index is 11.4. The number of β-amino-alcohol motifs (C(OH)–C–C–N with tert-alkyl or cyclic N) is 1. The summed E-state index contributed by atoms with van der Waals surface area (Å²) in [6.07, 6.45) is 0.399. The van der Waals surface area contributed by atoms with Gasteiger partial charge in [0.1, 0.15) is 5.82 Å². The molecule has 0 amide bonds. The number of anilines is 1. The van der Waals surface area contributed by atoms with Crippen molar-refractivity contribution in [2.24, 2.45) is 0 Å². The van der Waals surface area contributed by atoms with E-state index < -0.39 is 5.97 Å². The van der Waals surface area contributed by atoms with Crippen LogP contribution in [0.5, 0.6) is 0 Å². The number of likely N-dealkylation sites (tertiary alicyclic amines) is 1. The van der Waals surface area contributed by atoms with Crippen LogP contribution in [-0.4, -0.2) is 58.5 Å². The van der Waals surface area contributed by atoms with Crippen LogP contribution >= 0.6 is 0 Å². The van der Waals surface area contributed by atoms with E-state index in [0.29, 0.717) is 25.3 Å². The molecule has 132 valence electrons. The van der Waals surface area contributed by atoms with E-state index in [9.17, 15) is 9.90 Å². The quantitative estimate of drug-likeness (QED) is 0.765. The first-order valence-corrected chi connectivity index (χ1v) is 8.27. The highest BCUT2D eigenvalue weighted by Gasteiger charge is 2.30. The van der Waals surface area contributed by atoms with Crippen molar-refractivity contribution in [3.05, 3.63) is 53.7 Å². The number of benzene rings is 1. The Bertz CT molecular complexity index is 693. The Morgan fingerprint density at radius 3 is 2.76 bits per heavy atom. The van der Waals surface area contributed by atoms with E-state index in [4.69, 9.17) is 0 Å². The van der Waals surface area contributed by atoms with Crippen LogP contribution < -0.4 is 5.32 Å². The van der Waals surface area contributed by atoms with Crippen LogP contribution in [0.2, 0.25) is 0 Å². The number of aliphatic hydroxyl groups is 1. The predicted octanol–water partition coefficient (Wildman–Crippen LogP) is 1.31. The SMILES string of the molecule is COC(=O)c1ccc(NC[C@H]2C[C@@H](O)CN2Cc2ccccc2)nn1. The summed E-state index contributed by atoms with van der Waals surface area (Å²) < 4.78 is 4.60. The fourth-order valence-corrected chi connectivity index (χ4v) is 3.04. The Morgan fingerprint density at radius 2 is 2.08 bits per heavy atom. The third kappa shape index (κ3) is 4.52. The van der Waals surface area contributed by atoms with Gasteiger partial charge in [-0.2, -0.15) is 0 Å². The summed E-state index contributed by atoms with van der Waals surface area (Å²) in [6, 6.07) is 13.7. The molecule has 1 aliphatic rings. The molecule has 1 aromatic heterocycles. The van der Waals surface area contributed by atoms with Crippen molar-refractivity contribution in [2.45, 2.75) is 25.1 Å². The molecule has 0 aliphatic carbocycles. The number of hydrogen-bond donors (Lipinski definition) is 2. The van der Waals surface area contributed by atoms with Crippen LogP contribution in [0.3, 0.4) is 0 Å². The molecule has 0 spiro atoms. The smallest absolute Gasteiger partial charge is 0.358 e. The summed E-state index contributed by atoms with van der Waals surface area (Å²) in [5.41, 5.74) is 1.40. The zero-order chi connectivity index (χ0) is 17.6. The van der Waals surface area contributed by atoms with Gasteiger partial charge in [-0.05, 0) is 24.1 Å². The molecule has 0 unspecified atom stereocenters. The van der Waals surface area contributed by atoms with E-state index in [0.717, 1.165) is 6.54 Å². The van der Waals surface area contributed by atoms with E-state index in [-0.39, 0.29) is 17.8 Å². The predicted molar refractivity (Wildman–Crippen MR) is 93.1 cm³/mol. The lowest BCUT2D eigenvalue weighted by atomic mass is 10.1. The number of nitrogens with zero attached hydrogens (tertiary/aromatic N) is 3. The van der Waals surface area contributed by atoms with Crippen molar-refractivity contribution in [2.75, 3.05) is 25.5 Å². The molecule has 2 heterocycles. The molecule has 2 atom stereocenters. The second kappa shape index (κ2) is 8.04. The van der Waals surface area contributed by atoms with Gasteiger partial charge in [0.15, 0.2) is 5.69 Å². The number of aliphatic hydroxyl groups excluding tert-OH is 1. The number of rotatable bonds is 6. The van der Waals surface area contributed by atoms with Gasteiger partial charge >= 0.3 is 5.97 Å². The van der Waals surface area contributed by atoms with Gasteiger partial charge in [-0.15, -0.1) is 10.2 Å². The number of carbonyl (C=O) groups is 1. The average molecular weight is 342 g/mol. The third-order valence-electron chi connectivity index (χ3n) is 4.31. The molecule has 3 rings (SSSR count). The van der Waals surface area contributed by atoms with Crippen molar-refractivity contribution in [3.63, 3.8) is 0 Å². The zero-order valence-electron chi connectivity index (χ0n) is 14.1. The Kier molecular flexibility index (Phi) is 5.57. The molecule has 1 aromatic carbocycles. The van der Waals surface area contributed by atoms with Crippen molar-refractivity contribution in [1.29, 1.82) is 0 Å². The minimum absolute atomic E-state index is 0.176. The van der Waals surface area contributed by atoms with Crippen LogP contribution in [0.15, 0.2) is 42.5 Å². The fourth-order valence-electron chi connectivity index (χ4n) is 3.04. The van der Waals surface area contributed by atoms with E-state index in [1.165, 1.54) is 12.7 Å². The van der Waals surface area contributed by atoms with Gasteiger partial charge in [-0.25, -0.2) is 4.79 Å². The van der Waals surface area contributed by atoms with Gasteiger partial charge in [0.05, 0.1) is 13.2 Å². The first-order valence-electron chi connectivity index (χ1n) is 8.27. The summed E-state index contributed by atoms with van der Waals surface area (Å²) in [5.74, 6) is 0.0840. The van der Waals surface area contributed by atoms with Gasteiger partial charge in [0.25, 0.3) is 0 Å². The van der Waals surface area contributed by atoms with Gasteiger partial charge in [0, 0.05) is 25.7 Å². The molecule has 2 N–H and O–H groups in total. The number of esters is 1. The molecule has 1 saturated heterocycles. The van der Waals surface area contributed by atoms with Crippen LogP contribution in [0.4, 0.5) is 5.82 Å². The van der Waals surface area contributed by atoms with E-state index in [1.54, 1.807) is 12.1 Å². The first kappa shape index (κ1) is 17.3. The molecule has 25 heavy (non-hydrogen) atoms. The lowest BCUT2D eigenvalue weighted by Gasteiger charge is -2.24. The highest BCUT2D eigenvalue weighted by molar-refractivity contribution is 5.86. The highest BCUT2D eigenvalue weighted by atomic mass is 16.5. The summed E-state index contributed by atoms with van der Waals surface area (Å²) >= 11 is 0. The molecule has 1 aliphatic heterocycles. The Morgan fingerprint density at radius 1 is 1.28 bits per heavy atom. The summed E-state index contributed by atoms with van der Waals surface area (Å²) in [7, 11) is 1.31. The molecule has 0 saturated carbocycles. The number of aromatic nitrogens is 2. The minimum Gasteiger partial charge on any atom is -0.464 e. The Hall–Kier alpha value is -2.51. The first-order chi connectivity index (χ1) is 12.2. The topological polar surface area (TPSA) is 87.6 Å². The highest BCUT2D eigenvalue weighted by Crippen LogP contribution is 2.21. The molecular weight excluding hydrogens is 320 g/mol. The number of ether oxygens (including phenoxy) is 1. The lowest BCUT2D eigenvalue weighted by Crippen LogP contribution is -2.34. The largest absolute Gasteiger partial charge is 0.464 e. The standard InChI is InChI=1S/C18H22N4O3/c1-25-18(24)16-7-8-17(21-20-16)19-10-14-9-15(23)12-22(14)11-13-5-3-2-4-6-13/h2-8,14-15,23H,9-12H2,1H3,(H,19,21)/t14-,15-/m1/s1. The second-order valence-electron chi connectivity index (χ2n) is 6.13. The van der Waals surface area contributed by atoms with Crippen LogP contribution in [0.1, 0.15) is 22.5 Å². The van der Waals surface area contributed by atoms with Crippen molar-refractivity contribution < 1.29 is 14.6 Å². The Balaban J connectivity index is 1.58. The van der Waals surface area contributed by atoms with Crippen molar-refractivity contribution in [3.8, 4) is 0 Å². The maximum Gasteiger partial charge on any atom is 0.358 e. The Labute approximate surface area is 146 Å². The molecule has 7 nitrogen and oxygen atoms in total. The van der Waals surface area contributed by atoms with Gasteiger partial charge in [0.2, 0.25) is 0 Å². The fraction of sp³-hybridized carbons (Fsp3) is 0.389. The average Bonchev–Trinajstić information content (AvgIpc) is 3.00. The number of carbonyl (C=O) groups excluding carboxylic acids is 1. The molecular formula is C18H22N4O3. The second-order valence-corrected chi connectivity index (χ2v) is 6.13. The monoisotopic (exact) mass is 342 g/mol. The molecule has 0 radical (unpaired) electrons. The van der Waals surface area contributed by atoms with E-state index in [2.05, 4.69) is 37.3 Å². The molecule has 0 bridgehead atoms. The van der Waals surface area contributed by atoms with Crippen molar-refractivity contribution in [1.82, 2.24) is 15.1 Å². The number of methoxy groups -OCH3 is 1. The molecule has 2 aromatic rings. The number of hydrogen-bond acceptors (Lipinski definition) is 7. The van der Waals surface area contributed by atoms with Gasteiger partial charge < -0.3 is 15.2 Å². The van der Waals surface area contributed by atoms with E-state index in [1.807, 2.05) is 18.2 Å². The summed E-state index contributed by atoms with van der Waals surface area (Å²) in [6.45, 7) is 2.11. The van der Waals surface area contributed by atoms with Gasteiger partial charge in [-0.1, -0.05) is 30.3 Å². The molecule has 7 heteroatoms. The van der Waals surface area contributed by atoms with Gasteiger partial charge in [-0.3, -0.25) is 4.90 Å².